The number of benzene rings is 2. The van der Waals surface area contributed by atoms with Crippen LogP contribution in [0.3, 0.4) is 0 Å². The molecule has 2 aromatic carbocycles. The van der Waals surface area contributed by atoms with Crippen molar-refractivity contribution in [1.82, 2.24) is 0 Å². The van der Waals surface area contributed by atoms with Crippen molar-refractivity contribution in [2.75, 3.05) is 6.26 Å². The molecule has 122 valence electrons. The van der Waals surface area contributed by atoms with Crippen LogP contribution < -0.4 is 0 Å². The molecule has 2 nitrogen and oxygen atoms in total. The Balaban J connectivity index is 0.000000231. The van der Waals surface area contributed by atoms with Crippen molar-refractivity contribution in [3.05, 3.63) is 62.3 Å². The molecule has 23 heavy (non-hydrogen) atoms. The minimum absolute atomic E-state index is 0.0642. The molecule has 0 saturated carbocycles. The highest BCUT2D eigenvalue weighted by molar-refractivity contribution is 9.10. The third-order valence-electron chi connectivity index (χ3n) is 2.88. The van der Waals surface area contributed by atoms with Gasteiger partial charge in [-0.1, -0.05) is 6.07 Å². The van der Waals surface area contributed by atoms with Crippen molar-refractivity contribution in [2.45, 2.75) is 18.7 Å². The predicted octanol–water partition coefficient (Wildman–Crippen LogP) is 6.16. The van der Waals surface area contributed by atoms with E-state index in [-0.39, 0.29) is 17.4 Å². The fourth-order valence-corrected chi connectivity index (χ4v) is 3.30. The summed E-state index contributed by atoms with van der Waals surface area (Å²) in [7, 11) is 0. The zero-order valence-corrected chi connectivity index (χ0v) is 16.8. The van der Waals surface area contributed by atoms with E-state index in [2.05, 4.69) is 31.9 Å². The topological polar surface area (TPSA) is 34.1 Å². The Morgan fingerprint density at radius 1 is 0.913 bits per heavy atom. The number of halogens is 3. The molecule has 0 amide bonds. The van der Waals surface area contributed by atoms with Gasteiger partial charge in [-0.15, -0.1) is 11.8 Å². The summed E-state index contributed by atoms with van der Waals surface area (Å²) in [6, 6.07) is 9.85. The van der Waals surface area contributed by atoms with Crippen molar-refractivity contribution < 1.29 is 14.0 Å². The van der Waals surface area contributed by atoms with Crippen molar-refractivity contribution >= 4 is 55.2 Å². The van der Waals surface area contributed by atoms with Gasteiger partial charge >= 0.3 is 0 Å². The molecule has 0 aliphatic carbocycles. The van der Waals surface area contributed by atoms with E-state index < -0.39 is 0 Å². The van der Waals surface area contributed by atoms with Gasteiger partial charge in [0.25, 0.3) is 0 Å². The molecule has 2 rings (SSSR count). The van der Waals surface area contributed by atoms with Crippen LogP contribution in [0.25, 0.3) is 0 Å². The number of hydrogen-bond acceptors (Lipinski definition) is 3. The van der Waals surface area contributed by atoms with E-state index in [1.165, 1.54) is 25.1 Å². The normalized spacial score (nSPS) is 9.83. The fraction of sp³-hybridized carbons (Fsp3) is 0.176. The SMILES string of the molecule is CC(=O)c1ccc(F)c(Br)c1.CSc1ccc(C(C)=O)cc1Br. The molecule has 0 aliphatic rings. The van der Waals surface area contributed by atoms with Crippen LogP contribution in [0, 0.1) is 5.82 Å². The van der Waals surface area contributed by atoms with Gasteiger partial charge in [0.05, 0.1) is 4.47 Å². The third kappa shape index (κ3) is 6.20. The van der Waals surface area contributed by atoms with Crippen molar-refractivity contribution in [1.29, 1.82) is 0 Å². The van der Waals surface area contributed by atoms with E-state index in [1.54, 1.807) is 18.7 Å². The van der Waals surface area contributed by atoms with Crippen LogP contribution in [-0.4, -0.2) is 17.8 Å². The Morgan fingerprint density at radius 3 is 1.78 bits per heavy atom. The number of rotatable bonds is 3. The number of Topliss-reactive ketones (excluding diaryl/α,β-unsaturated/α-hetero) is 2. The largest absolute Gasteiger partial charge is 0.295 e. The summed E-state index contributed by atoms with van der Waals surface area (Å²) in [5, 5.41) is 0. The van der Waals surface area contributed by atoms with E-state index in [0.717, 1.165) is 14.9 Å². The molecule has 0 unspecified atom stereocenters. The van der Waals surface area contributed by atoms with Crippen molar-refractivity contribution in [3.63, 3.8) is 0 Å². The van der Waals surface area contributed by atoms with Gasteiger partial charge in [-0.05, 0) is 82.3 Å². The summed E-state index contributed by atoms with van der Waals surface area (Å²) in [5.74, 6) is -0.316. The first-order chi connectivity index (χ1) is 10.8. The Morgan fingerprint density at radius 2 is 1.39 bits per heavy atom. The van der Waals surface area contributed by atoms with Gasteiger partial charge in [0.1, 0.15) is 5.82 Å². The molecule has 0 saturated heterocycles. The molecule has 2 aromatic rings. The maximum absolute atomic E-state index is 12.6. The summed E-state index contributed by atoms with van der Waals surface area (Å²) in [5.41, 5.74) is 1.26. The van der Waals surface area contributed by atoms with Crippen LogP contribution >= 0.6 is 43.6 Å². The average molecular weight is 462 g/mol. The summed E-state index contributed by atoms with van der Waals surface area (Å²) >= 11 is 8.05. The highest BCUT2D eigenvalue weighted by Gasteiger charge is 2.03. The van der Waals surface area contributed by atoms with E-state index in [4.69, 9.17) is 0 Å². The van der Waals surface area contributed by atoms with E-state index in [1.807, 2.05) is 24.5 Å². The number of carbonyl (C=O) groups excluding carboxylic acids is 2. The molecule has 6 heteroatoms. The van der Waals surface area contributed by atoms with E-state index in [9.17, 15) is 14.0 Å². The number of thioether (sulfide) groups is 1. The van der Waals surface area contributed by atoms with Crippen LogP contribution in [0.15, 0.2) is 50.2 Å². The maximum atomic E-state index is 12.6. The van der Waals surface area contributed by atoms with Crippen molar-refractivity contribution in [2.24, 2.45) is 0 Å². The fourth-order valence-electron chi connectivity index (χ4n) is 1.60. The van der Waals surface area contributed by atoms with Crippen molar-refractivity contribution in [3.8, 4) is 0 Å². The summed E-state index contributed by atoms with van der Waals surface area (Å²) < 4.78 is 13.9. The number of hydrogen-bond donors (Lipinski definition) is 0. The third-order valence-corrected chi connectivity index (χ3v) is 5.21. The second-order valence-electron chi connectivity index (χ2n) is 4.59. The molecule has 0 heterocycles. The Bertz CT molecular complexity index is 733. The zero-order chi connectivity index (χ0) is 17.6. The maximum Gasteiger partial charge on any atom is 0.159 e. The number of carbonyl (C=O) groups is 2. The van der Waals surface area contributed by atoms with Gasteiger partial charge in [0.15, 0.2) is 11.6 Å². The minimum Gasteiger partial charge on any atom is -0.295 e. The van der Waals surface area contributed by atoms with Gasteiger partial charge < -0.3 is 0 Å². The molecule has 0 aliphatic heterocycles. The molecule has 0 spiro atoms. The van der Waals surface area contributed by atoms with Crippen LogP contribution in [-0.2, 0) is 0 Å². The first-order valence-corrected chi connectivity index (χ1v) is 9.37. The highest BCUT2D eigenvalue weighted by atomic mass is 79.9. The first kappa shape index (κ1) is 20.1. The Hall–Kier alpha value is -0.980. The molecule has 0 radical (unpaired) electrons. The lowest BCUT2D eigenvalue weighted by molar-refractivity contribution is 0.100. The molecule has 0 bridgehead atoms. The Labute approximate surface area is 156 Å². The lowest BCUT2D eigenvalue weighted by Gasteiger charge is -2.01. The zero-order valence-electron chi connectivity index (χ0n) is 12.8. The van der Waals surface area contributed by atoms with Gasteiger partial charge in [0, 0.05) is 20.5 Å². The van der Waals surface area contributed by atoms with Crippen LogP contribution in [0.2, 0.25) is 0 Å². The van der Waals surface area contributed by atoms with Crippen LogP contribution in [0.4, 0.5) is 4.39 Å². The molecule has 0 N–H and O–H groups in total. The molecular weight excluding hydrogens is 447 g/mol. The van der Waals surface area contributed by atoms with Gasteiger partial charge in [0.2, 0.25) is 0 Å². The standard InChI is InChI=1S/C9H9BrOS.C8H6BrFO/c1-6(11)7-3-4-9(12-2)8(10)5-7;1-5(11)6-2-3-8(10)7(9)4-6/h3-5H,1-2H3;2-4H,1H3. The van der Waals surface area contributed by atoms with E-state index >= 15 is 0 Å². The smallest absolute Gasteiger partial charge is 0.159 e. The Kier molecular flexibility index (Phi) is 8.16. The lowest BCUT2D eigenvalue weighted by Crippen LogP contribution is -1.91. The quantitative estimate of drug-likeness (QED) is 0.405. The lowest BCUT2D eigenvalue weighted by atomic mass is 10.1. The minimum atomic E-state index is -0.352. The van der Waals surface area contributed by atoms with Crippen LogP contribution in [0.1, 0.15) is 34.6 Å². The summed E-state index contributed by atoms with van der Waals surface area (Å²) in [4.78, 5) is 22.9. The molecule has 0 aromatic heterocycles. The average Bonchev–Trinajstić information content (AvgIpc) is 2.50. The molecule has 0 atom stereocenters. The summed E-state index contributed by atoms with van der Waals surface area (Å²) in [6.45, 7) is 3.01. The summed E-state index contributed by atoms with van der Waals surface area (Å²) in [6.07, 6.45) is 2.01. The van der Waals surface area contributed by atoms with Gasteiger partial charge in [-0.3, -0.25) is 9.59 Å². The molecule has 0 fully saturated rings. The highest BCUT2D eigenvalue weighted by Crippen LogP contribution is 2.26. The van der Waals surface area contributed by atoms with E-state index in [0.29, 0.717) is 10.0 Å². The number of ketones is 2. The van der Waals surface area contributed by atoms with Gasteiger partial charge in [-0.25, -0.2) is 4.39 Å². The van der Waals surface area contributed by atoms with Crippen LogP contribution in [0.5, 0.6) is 0 Å². The second kappa shape index (κ2) is 9.35. The molecular formula is C17H15Br2FO2S. The first-order valence-electron chi connectivity index (χ1n) is 6.56. The monoisotopic (exact) mass is 460 g/mol. The predicted molar refractivity (Wildman–Crippen MR) is 100 cm³/mol. The van der Waals surface area contributed by atoms with Gasteiger partial charge in [-0.2, -0.15) is 0 Å². The second-order valence-corrected chi connectivity index (χ2v) is 7.15.